The Labute approximate surface area is 153 Å². The Morgan fingerprint density at radius 1 is 1.24 bits per heavy atom. The molecule has 2 rings (SSSR count). The van der Waals surface area contributed by atoms with Crippen LogP contribution in [0, 0.1) is 32.1 Å². The minimum atomic E-state index is -0.000753. The predicted octanol–water partition coefficient (Wildman–Crippen LogP) is 4.19. The zero-order valence-electron chi connectivity index (χ0n) is 15.3. The number of carbonyl (C=O) groups is 1. The van der Waals surface area contributed by atoms with Gasteiger partial charge in [-0.1, -0.05) is 42.1 Å². The van der Waals surface area contributed by atoms with Gasteiger partial charge in [0.1, 0.15) is 11.1 Å². The van der Waals surface area contributed by atoms with Crippen LogP contribution in [0.2, 0.25) is 0 Å². The van der Waals surface area contributed by atoms with Gasteiger partial charge in [-0.25, -0.2) is 4.98 Å². The van der Waals surface area contributed by atoms with Gasteiger partial charge in [0.2, 0.25) is 5.91 Å². The Bertz CT molecular complexity index is 812. The number of amides is 1. The lowest BCUT2D eigenvalue weighted by atomic mass is 10.1. The predicted molar refractivity (Wildman–Crippen MR) is 102 cm³/mol. The van der Waals surface area contributed by atoms with E-state index in [1.54, 1.807) is 4.90 Å². The van der Waals surface area contributed by atoms with Gasteiger partial charge in [-0.05, 0) is 44.4 Å². The molecule has 0 fully saturated rings. The third-order valence-electron chi connectivity index (χ3n) is 4.66. The van der Waals surface area contributed by atoms with Crippen LogP contribution in [-0.4, -0.2) is 28.6 Å². The van der Waals surface area contributed by atoms with Crippen LogP contribution in [-0.2, 0) is 4.79 Å². The first-order chi connectivity index (χ1) is 11.9. The molecule has 5 heteroatoms. The number of nitriles is 1. The Balaban J connectivity index is 2.11. The SMILES string of the molecule is Cc1nc(SCC(=O)N(C)[C@H](C)c2ccccc2)c(C#N)c(C)c1C. The molecule has 0 bridgehead atoms. The molecule has 25 heavy (non-hydrogen) atoms. The number of hydrogen-bond donors (Lipinski definition) is 0. The highest BCUT2D eigenvalue weighted by Gasteiger charge is 2.19. The standard InChI is InChI=1S/C20H23N3OS/c1-13-14(2)18(11-21)20(22-15(13)3)25-12-19(24)23(5)16(4)17-9-7-6-8-10-17/h6-10,16H,12H2,1-5H3/t16-/m1/s1. The first-order valence-electron chi connectivity index (χ1n) is 8.18. The molecular formula is C20H23N3OS. The number of thioether (sulfide) groups is 1. The van der Waals surface area contributed by atoms with Crippen molar-refractivity contribution in [2.24, 2.45) is 0 Å². The van der Waals surface area contributed by atoms with Crippen LogP contribution in [0.1, 0.15) is 40.9 Å². The second kappa shape index (κ2) is 8.17. The summed E-state index contributed by atoms with van der Waals surface area (Å²) in [6.07, 6.45) is 0. The highest BCUT2D eigenvalue weighted by Crippen LogP contribution is 2.27. The van der Waals surface area contributed by atoms with E-state index in [1.807, 2.05) is 65.1 Å². The fourth-order valence-corrected chi connectivity index (χ4v) is 3.56. The van der Waals surface area contributed by atoms with Gasteiger partial charge in [-0.3, -0.25) is 4.79 Å². The summed E-state index contributed by atoms with van der Waals surface area (Å²) in [4.78, 5) is 18.8. The third kappa shape index (κ3) is 4.21. The van der Waals surface area contributed by atoms with Gasteiger partial charge in [0.25, 0.3) is 0 Å². The van der Waals surface area contributed by atoms with E-state index in [9.17, 15) is 10.1 Å². The van der Waals surface area contributed by atoms with Gasteiger partial charge in [0, 0.05) is 12.7 Å². The quantitative estimate of drug-likeness (QED) is 0.756. The van der Waals surface area contributed by atoms with Crippen molar-refractivity contribution in [3.05, 3.63) is 58.3 Å². The van der Waals surface area contributed by atoms with Crippen molar-refractivity contribution in [3.63, 3.8) is 0 Å². The Morgan fingerprint density at radius 3 is 2.48 bits per heavy atom. The van der Waals surface area contributed by atoms with E-state index in [1.165, 1.54) is 11.8 Å². The minimum absolute atomic E-state index is 0.000753. The van der Waals surface area contributed by atoms with Crippen LogP contribution in [0.5, 0.6) is 0 Å². The fraction of sp³-hybridized carbons (Fsp3) is 0.350. The molecule has 0 aliphatic heterocycles. The molecule has 1 amide bonds. The van der Waals surface area contributed by atoms with Crippen molar-refractivity contribution in [2.75, 3.05) is 12.8 Å². The van der Waals surface area contributed by atoms with Crippen molar-refractivity contribution < 1.29 is 4.79 Å². The van der Waals surface area contributed by atoms with Crippen molar-refractivity contribution in [2.45, 2.75) is 38.8 Å². The van der Waals surface area contributed by atoms with E-state index < -0.39 is 0 Å². The number of aryl methyl sites for hydroxylation is 1. The molecule has 1 heterocycles. The second-order valence-corrected chi connectivity index (χ2v) is 7.08. The van der Waals surface area contributed by atoms with Crippen molar-refractivity contribution in [1.82, 2.24) is 9.88 Å². The van der Waals surface area contributed by atoms with E-state index in [2.05, 4.69) is 11.1 Å². The van der Waals surface area contributed by atoms with Crippen LogP contribution >= 0.6 is 11.8 Å². The number of aromatic nitrogens is 1. The molecule has 0 saturated heterocycles. The zero-order valence-corrected chi connectivity index (χ0v) is 16.1. The van der Waals surface area contributed by atoms with Crippen molar-refractivity contribution >= 4 is 17.7 Å². The average Bonchev–Trinajstić information content (AvgIpc) is 2.63. The van der Waals surface area contributed by atoms with Crippen molar-refractivity contribution in [3.8, 4) is 6.07 Å². The largest absolute Gasteiger partial charge is 0.338 e. The van der Waals surface area contributed by atoms with Crippen molar-refractivity contribution in [1.29, 1.82) is 5.26 Å². The first-order valence-corrected chi connectivity index (χ1v) is 9.16. The summed E-state index contributed by atoms with van der Waals surface area (Å²) >= 11 is 1.33. The summed E-state index contributed by atoms with van der Waals surface area (Å²) in [5.41, 5.74) is 4.54. The molecule has 1 aromatic carbocycles. The molecule has 0 spiro atoms. The zero-order chi connectivity index (χ0) is 18.6. The van der Waals surface area contributed by atoms with Gasteiger partial charge in [0.05, 0.1) is 17.4 Å². The van der Waals surface area contributed by atoms with Gasteiger partial charge in [-0.15, -0.1) is 0 Å². The van der Waals surface area contributed by atoms with Gasteiger partial charge < -0.3 is 4.90 Å². The van der Waals surface area contributed by atoms with Crippen LogP contribution in [0.15, 0.2) is 35.4 Å². The summed E-state index contributed by atoms with van der Waals surface area (Å²) in [5.74, 6) is 0.278. The topological polar surface area (TPSA) is 57.0 Å². The molecule has 2 aromatic rings. The first kappa shape index (κ1) is 19.0. The van der Waals surface area contributed by atoms with Crippen LogP contribution in [0.4, 0.5) is 0 Å². The van der Waals surface area contributed by atoms with Crippen LogP contribution < -0.4 is 0 Å². The Hall–Kier alpha value is -2.32. The Kier molecular flexibility index (Phi) is 6.22. The lowest BCUT2D eigenvalue weighted by molar-refractivity contribution is -0.128. The lowest BCUT2D eigenvalue weighted by Gasteiger charge is -2.25. The number of carbonyl (C=O) groups excluding carboxylic acids is 1. The number of hydrogen-bond acceptors (Lipinski definition) is 4. The van der Waals surface area contributed by atoms with Gasteiger partial charge in [-0.2, -0.15) is 5.26 Å². The molecule has 0 saturated carbocycles. The van der Waals surface area contributed by atoms with Crippen LogP contribution in [0.3, 0.4) is 0 Å². The normalized spacial score (nSPS) is 11.7. The summed E-state index contributed by atoms with van der Waals surface area (Å²) in [6.45, 7) is 7.83. The Morgan fingerprint density at radius 2 is 1.88 bits per heavy atom. The molecule has 0 aliphatic rings. The lowest BCUT2D eigenvalue weighted by Crippen LogP contribution is -2.31. The molecule has 0 unspecified atom stereocenters. The maximum Gasteiger partial charge on any atom is 0.233 e. The summed E-state index contributed by atoms with van der Waals surface area (Å²) < 4.78 is 0. The van der Waals surface area contributed by atoms with E-state index in [4.69, 9.17) is 0 Å². The number of rotatable bonds is 5. The highest BCUT2D eigenvalue weighted by atomic mass is 32.2. The smallest absolute Gasteiger partial charge is 0.233 e. The summed E-state index contributed by atoms with van der Waals surface area (Å²) in [6, 6.07) is 12.2. The molecule has 1 atom stereocenters. The van der Waals surface area contributed by atoms with E-state index in [-0.39, 0.29) is 17.7 Å². The monoisotopic (exact) mass is 353 g/mol. The number of pyridine rings is 1. The molecule has 130 valence electrons. The third-order valence-corrected chi connectivity index (χ3v) is 5.62. The number of nitrogens with zero attached hydrogens (tertiary/aromatic N) is 3. The molecule has 0 N–H and O–H groups in total. The van der Waals surface area contributed by atoms with E-state index in [0.717, 1.165) is 22.4 Å². The average molecular weight is 353 g/mol. The minimum Gasteiger partial charge on any atom is -0.338 e. The molecule has 1 aromatic heterocycles. The maximum atomic E-state index is 12.6. The molecule has 4 nitrogen and oxygen atoms in total. The van der Waals surface area contributed by atoms with Gasteiger partial charge in [0.15, 0.2) is 0 Å². The fourth-order valence-electron chi connectivity index (χ4n) is 2.55. The van der Waals surface area contributed by atoms with E-state index in [0.29, 0.717) is 10.6 Å². The van der Waals surface area contributed by atoms with E-state index >= 15 is 0 Å². The number of benzene rings is 1. The molecular weight excluding hydrogens is 330 g/mol. The maximum absolute atomic E-state index is 12.6. The van der Waals surface area contributed by atoms with Gasteiger partial charge >= 0.3 is 0 Å². The second-order valence-electron chi connectivity index (χ2n) is 6.12. The van der Waals surface area contributed by atoms with Crippen LogP contribution in [0.25, 0.3) is 0 Å². The summed E-state index contributed by atoms with van der Waals surface area (Å²) in [5, 5.41) is 10.1. The molecule has 0 aliphatic carbocycles. The highest BCUT2D eigenvalue weighted by molar-refractivity contribution is 8.00. The molecule has 0 radical (unpaired) electrons. The summed E-state index contributed by atoms with van der Waals surface area (Å²) in [7, 11) is 1.81.